The molecular formula is C13H18ClF2N3O2. The summed E-state index contributed by atoms with van der Waals surface area (Å²) in [7, 11) is 0. The van der Waals surface area contributed by atoms with Gasteiger partial charge in [-0.3, -0.25) is 9.69 Å². The monoisotopic (exact) mass is 321 g/mol. The molecule has 8 heteroatoms. The number of halogens is 3. The van der Waals surface area contributed by atoms with Gasteiger partial charge in [-0.1, -0.05) is 0 Å². The SMILES string of the molecule is Cl.NCC1CN(CC(=O)Nc2ccc(F)c(F)c2)CCO1. The van der Waals surface area contributed by atoms with E-state index >= 15 is 0 Å². The van der Waals surface area contributed by atoms with Crippen molar-refractivity contribution in [3.63, 3.8) is 0 Å². The number of amides is 1. The van der Waals surface area contributed by atoms with E-state index in [-0.39, 0.29) is 36.7 Å². The average Bonchev–Trinajstić information content (AvgIpc) is 2.43. The number of carbonyl (C=O) groups excluding carboxylic acids is 1. The molecule has 0 aromatic heterocycles. The zero-order valence-corrected chi connectivity index (χ0v) is 12.2. The molecule has 3 N–H and O–H groups in total. The van der Waals surface area contributed by atoms with Gasteiger partial charge in [0, 0.05) is 31.4 Å². The molecular weight excluding hydrogens is 304 g/mol. The summed E-state index contributed by atoms with van der Waals surface area (Å²) in [5, 5.41) is 2.53. The van der Waals surface area contributed by atoms with E-state index in [1.54, 1.807) is 0 Å². The summed E-state index contributed by atoms with van der Waals surface area (Å²) in [4.78, 5) is 13.7. The smallest absolute Gasteiger partial charge is 0.238 e. The lowest BCUT2D eigenvalue weighted by atomic mass is 10.2. The minimum atomic E-state index is -0.989. The Kier molecular flexibility index (Phi) is 6.97. The lowest BCUT2D eigenvalue weighted by molar-refractivity contribution is -0.119. The molecule has 1 atom stereocenters. The number of nitrogens with zero attached hydrogens (tertiary/aromatic N) is 1. The highest BCUT2D eigenvalue weighted by Crippen LogP contribution is 2.13. The van der Waals surface area contributed by atoms with E-state index in [0.29, 0.717) is 26.2 Å². The van der Waals surface area contributed by atoms with Gasteiger partial charge in [-0.15, -0.1) is 12.4 Å². The Morgan fingerprint density at radius 1 is 1.43 bits per heavy atom. The number of hydrogen-bond acceptors (Lipinski definition) is 4. The first-order valence-electron chi connectivity index (χ1n) is 6.37. The Morgan fingerprint density at radius 2 is 2.19 bits per heavy atom. The third-order valence-corrected chi connectivity index (χ3v) is 3.06. The molecule has 1 unspecified atom stereocenters. The van der Waals surface area contributed by atoms with Gasteiger partial charge in [0.1, 0.15) is 0 Å². The molecule has 1 aromatic carbocycles. The highest BCUT2D eigenvalue weighted by atomic mass is 35.5. The Labute approximate surface area is 127 Å². The van der Waals surface area contributed by atoms with Crippen LogP contribution in [-0.4, -0.2) is 49.7 Å². The lowest BCUT2D eigenvalue weighted by Crippen LogP contribution is -2.48. The molecule has 118 valence electrons. The molecule has 1 amide bonds. The van der Waals surface area contributed by atoms with Crippen molar-refractivity contribution >= 4 is 24.0 Å². The minimum absolute atomic E-state index is 0. The van der Waals surface area contributed by atoms with Crippen LogP contribution in [0.5, 0.6) is 0 Å². The molecule has 1 aliphatic heterocycles. The van der Waals surface area contributed by atoms with Gasteiger partial charge < -0.3 is 15.8 Å². The second kappa shape index (κ2) is 8.23. The predicted molar refractivity (Wildman–Crippen MR) is 77.5 cm³/mol. The number of nitrogens with two attached hydrogens (primary N) is 1. The van der Waals surface area contributed by atoms with Gasteiger partial charge in [-0.05, 0) is 12.1 Å². The molecule has 0 bridgehead atoms. The standard InChI is InChI=1S/C13H17F2N3O2.ClH/c14-11-2-1-9(5-12(11)15)17-13(19)8-18-3-4-20-10(6-16)7-18;/h1-2,5,10H,3-4,6-8,16H2,(H,17,19);1H. The number of hydrogen-bond donors (Lipinski definition) is 2. The van der Waals surface area contributed by atoms with Crippen LogP contribution in [0, 0.1) is 11.6 Å². The topological polar surface area (TPSA) is 67.6 Å². The number of nitrogens with one attached hydrogen (secondary N) is 1. The van der Waals surface area contributed by atoms with Gasteiger partial charge >= 0.3 is 0 Å². The Hall–Kier alpha value is -1.28. The van der Waals surface area contributed by atoms with Crippen LogP contribution in [0.25, 0.3) is 0 Å². The molecule has 1 aromatic rings. The molecule has 1 heterocycles. The third kappa shape index (κ3) is 5.20. The number of morpholine rings is 1. The van der Waals surface area contributed by atoms with E-state index in [4.69, 9.17) is 10.5 Å². The minimum Gasteiger partial charge on any atom is -0.374 e. The number of benzene rings is 1. The van der Waals surface area contributed by atoms with Gasteiger partial charge in [-0.2, -0.15) is 0 Å². The average molecular weight is 322 g/mol. The normalized spacial score (nSPS) is 18.9. The zero-order valence-electron chi connectivity index (χ0n) is 11.4. The van der Waals surface area contributed by atoms with E-state index in [1.807, 2.05) is 4.90 Å². The maximum Gasteiger partial charge on any atom is 0.238 e. The Balaban J connectivity index is 0.00000220. The number of anilines is 1. The van der Waals surface area contributed by atoms with Crippen molar-refractivity contribution in [3.8, 4) is 0 Å². The summed E-state index contributed by atoms with van der Waals surface area (Å²) >= 11 is 0. The van der Waals surface area contributed by atoms with Crippen LogP contribution in [-0.2, 0) is 9.53 Å². The summed E-state index contributed by atoms with van der Waals surface area (Å²) in [5.74, 6) is -2.21. The van der Waals surface area contributed by atoms with Crippen LogP contribution in [0.2, 0.25) is 0 Å². The number of ether oxygens (including phenoxy) is 1. The number of carbonyl (C=O) groups is 1. The van der Waals surface area contributed by atoms with Gasteiger partial charge in [0.2, 0.25) is 5.91 Å². The fourth-order valence-corrected chi connectivity index (χ4v) is 2.04. The molecule has 1 fully saturated rings. The third-order valence-electron chi connectivity index (χ3n) is 3.06. The molecule has 0 spiro atoms. The van der Waals surface area contributed by atoms with Crippen molar-refractivity contribution in [1.29, 1.82) is 0 Å². The largest absolute Gasteiger partial charge is 0.374 e. The highest BCUT2D eigenvalue weighted by Gasteiger charge is 2.21. The maximum atomic E-state index is 13.0. The van der Waals surface area contributed by atoms with Crippen LogP contribution in [0.4, 0.5) is 14.5 Å². The molecule has 5 nitrogen and oxygen atoms in total. The van der Waals surface area contributed by atoms with Gasteiger partial charge in [0.25, 0.3) is 0 Å². The molecule has 0 aliphatic carbocycles. The van der Waals surface area contributed by atoms with E-state index in [2.05, 4.69) is 5.32 Å². The van der Waals surface area contributed by atoms with Crippen LogP contribution in [0.1, 0.15) is 0 Å². The highest BCUT2D eigenvalue weighted by molar-refractivity contribution is 5.92. The quantitative estimate of drug-likeness (QED) is 0.867. The van der Waals surface area contributed by atoms with Crippen LogP contribution >= 0.6 is 12.4 Å². The summed E-state index contributed by atoms with van der Waals surface area (Å²) in [5.41, 5.74) is 5.76. The van der Waals surface area contributed by atoms with Crippen molar-refractivity contribution in [1.82, 2.24) is 4.90 Å². The maximum absolute atomic E-state index is 13.0. The van der Waals surface area contributed by atoms with Crippen LogP contribution in [0.3, 0.4) is 0 Å². The lowest BCUT2D eigenvalue weighted by Gasteiger charge is -2.31. The molecule has 2 rings (SSSR count). The fourth-order valence-electron chi connectivity index (χ4n) is 2.04. The van der Waals surface area contributed by atoms with Crippen LogP contribution < -0.4 is 11.1 Å². The van der Waals surface area contributed by atoms with Crippen molar-refractivity contribution in [2.45, 2.75) is 6.10 Å². The van der Waals surface area contributed by atoms with Crippen molar-refractivity contribution < 1.29 is 18.3 Å². The second-order valence-electron chi connectivity index (χ2n) is 4.64. The molecule has 21 heavy (non-hydrogen) atoms. The van der Waals surface area contributed by atoms with Crippen molar-refractivity contribution in [3.05, 3.63) is 29.8 Å². The first kappa shape index (κ1) is 17.8. The first-order chi connectivity index (χ1) is 9.58. The van der Waals surface area contributed by atoms with Crippen LogP contribution in [0.15, 0.2) is 18.2 Å². The summed E-state index contributed by atoms with van der Waals surface area (Å²) in [6, 6.07) is 3.25. The molecule has 0 saturated carbocycles. The predicted octanol–water partition coefficient (Wildman–Crippen LogP) is 0.985. The Bertz CT molecular complexity index is 490. The summed E-state index contributed by atoms with van der Waals surface area (Å²) in [6.07, 6.45) is -0.0696. The molecule has 0 radical (unpaired) electrons. The van der Waals surface area contributed by atoms with Gasteiger partial charge in [0.15, 0.2) is 11.6 Å². The van der Waals surface area contributed by atoms with E-state index in [1.165, 1.54) is 6.07 Å². The van der Waals surface area contributed by atoms with Gasteiger partial charge in [0.05, 0.1) is 19.3 Å². The van der Waals surface area contributed by atoms with E-state index in [0.717, 1.165) is 12.1 Å². The first-order valence-corrected chi connectivity index (χ1v) is 6.37. The molecule has 1 saturated heterocycles. The van der Waals surface area contributed by atoms with Gasteiger partial charge in [-0.25, -0.2) is 8.78 Å². The summed E-state index contributed by atoms with van der Waals surface area (Å²) < 4.78 is 31.2. The second-order valence-corrected chi connectivity index (χ2v) is 4.64. The zero-order chi connectivity index (χ0) is 14.5. The van der Waals surface area contributed by atoms with Crippen molar-refractivity contribution in [2.24, 2.45) is 5.73 Å². The summed E-state index contributed by atoms with van der Waals surface area (Å²) in [6.45, 7) is 2.32. The number of rotatable bonds is 4. The van der Waals surface area contributed by atoms with Crippen molar-refractivity contribution in [2.75, 3.05) is 38.1 Å². The molecule has 1 aliphatic rings. The van der Waals surface area contributed by atoms with E-state index in [9.17, 15) is 13.6 Å². The Morgan fingerprint density at radius 3 is 2.86 bits per heavy atom. The van der Waals surface area contributed by atoms with E-state index < -0.39 is 11.6 Å². The fraction of sp³-hybridized carbons (Fsp3) is 0.462.